The summed E-state index contributed by atoms with van der Waals surface area (Å²) in [7, 11) is -0.0909. The van der Waals surface area contributed by atoms with Gasteiger partial charge < -0.3 is 26.6 Å². The molecule has 226 valence electrons. The maximum atomic E-state index is 13.8. The Bertz CT molecular complexity index is 1310. The Morgan fingerprint density at radius 3 is 2.52 bits per heavy atom. The van der Waals surface area contributed by atoms with E-state index in [1.54, 1.807) is 49.5 Å². The minimum atomic E-state index is -1.73. The van der Waals surface area contributed by atoms with Gasteiger partial charge in [0, 0.05) is 50.9 Å². The molecule has 42 heavy (non-hydrogen) atoms. The predicted octanol–water partition coefficient (Wildman–Crippen LogP) is 1.51. The number of anilines is 1. The van der Waals surface area contributed by atoms with Crippen LogP contribution in [0.1, 0.15) is 43.2 Å². The number of nitrogens with zero attached hydrogens (tertiary/aromatic N) is 1. The standard InChI is InChI=1S/C30H41N7O4S/c1-33-27(38)10-3-5-20-11-13-37(14-12-20)30(40)26(16-21-6-2-7-22(15-21)28(31)32)36-42(41)25-9-4-8-24(17-25)35-29(39)23-18-34-19-23/h2,4,6-9,15,17,20,23,26,34,36H,3,5,10-14,16,18-19H2,1H3,(H3,31,32)(H,33,38)(H,35,39)/t26-,42?/m0/s1. The average Bonchev–Trinajstić information content (AvgIpc) is 2.96. The van der Waals surface area contributed by atoms with Crippen LogP contribution in [0.4, 0.5) is 5.69 Å². The highest BCUT2D eigenvalue weighted by Crippen LogP contribution is 2.24. The summed E-state index contributed by atoms with van der Waals surface area (Å²) in [6.07, 6.45) is 4.26. The zero-order valence-corrected chi connectivity index (χ0v) is 24.8. The van der Waals surface area contributed by atoms with E-state index in [4.69, 9.17) is 11.1 Å². The van der Waals surface area contributed by atoms with Crippen molar-refractivity contribution in [1.29, 1.82) is 5.41 Å². The van der Waals surface area contributed by atoms with E-state index >= 15 is 0 Å². The fraction of sp³-hybridized carbons (Fsp3) is 0.467. The number of hydrogen-bond donors (Lipinski definition) is 6. The molecule has 11 nitrogen and oxygen atoms in total. The summed E-state index contributed by atoms with van der Waals surface area (Å²) >= 11 is 0. The second kappa shape index (κ2) is 15.0. The monoisotopic (exact) mass is 595 g/mol. The zero-order chi connectivity index (χ0) is 30.1. The number of piperidine rings is 1. The number of carbonyl (C=O) groups is 3. The van der Waals surface area contributed by atoms with E-state index in [9.17, 15) is 18.6 Å². The van der Waals surface area contributed by atoms with Gasteiger partial charge in [0.25, 0.3) is 0 Å². The van der Waals surface area contributed by atoms with E-state index in [0.717, 1.165) is 31.2 Å². The van der Waals surface area contributed by atoms with Crippen molar-refractivity contribution in [2.45, 2.75) is 49.5 Å². The van der Waals surface area contributed by atoms with Gasteiger partial charge in [-0.05, 0) is 67.9 Å². The molecule has 0 radical (unpaired) electrons. The van der Waals surface area contributed by atoms with Crippen LogP contribution >= 0.6 is 0 Å². The molecule has 2 heterocycles. The number of amides is 3. The Hall–Kier alpha value is -3.61. The minimum Gasteiger partial charge on any atom is -0.384 e. The molecule has 4 rings (SSSR count). The Morgan fingerprint density at radius 2 is 1.86 bits per heavy atom. The van der Waals surface area contributed by atoms with Crippen molar-refractivity contribution in [3.8, 4) is 0 Å². The summed E-state index contributed by atoms with van der Waals surface area (Å²) in [4.78, 5) is 40.0. The van der Waals surface area contributed by atoms with Crippen LogP contribution in [-0.2, 0) is 31.8 Å². The number of nitrogens with one attached hydrogen (secondary N) is 5. The van der Waals surface area contributed by atoms with Crippen LogP contribution < -0.4 is 26.4 Å². The minimum absolute atomic E-state index is 0.0435. The second-order valence-corrected chi connectivity index (χ2v) is 12.2. The largest absolute Gasteiger partial charge is 0.384 e. The summed E-state index contributed by atoms with van der Waals surface area (Å²) in [5.41, 5.74) is 7.59. The van der Waals surface area contributed by atoms with E-state index in [1.165, 1.54) is 0 Å². The average molecular weight is 596 g/mol. The molecule has 0 aromatic heterocycles. The number of amidine groups is 1. The highest BCUT2D eigenvalue weighted by atomic mass is 32.2. The van der Waals surface area contributed by atoms with Gasteiger partial charge >= 0.3 is 0 Å². The van der Waals surface area contributed by atoms with E-state index in [0.29, 0.717) is 54.7 Å². The van der Waals surface area contributed by atoms with Crippen molar-refractivity contribution in [3.05, 3.63) is 59.7 Å². The molecule has 0 spiro atoms. The zero-order valence-electron chi connectivity index (χ0n) is 24.0. The second-order valence-electron chi connectivity index (χ2n) is 11.0. The lowest BCUT2D eigenvalue weighted by atomic mass is 9.91. The van der Waals surface area contributed by atoms with E-state index < -0.39 is 17.0 Å². The summed E-state index contributed by atoms with van der Waals surface area (Å²) in [6, 6.07) is 13.2. The first-order valence-corrected chi connectivity index (χ1v) is 15.6. The molecule has 2 fully saturated rings. The number of likely N-dealkylation sites (tertiary alicyclic amines) is 1. The van der Waals surface area contributed by atoms with Crippen LogP contribution in [0.3, 0.4) is 0 Å². The maximum Gasteiger partial charge on any atom is 0.241 e. The lowest BCUT2D eigenvalue weighted by Gasteiger charge is -2.34. The molecule has 1 unspecified atom stereocenters. The fourth-order valence-corrected chi connectivity index (χ4v) is 6.24. The molecular formula is C30H41N7O4S. The Morgan fingerprint density at radius 1 is 1.12 bits per heavy atom. The number of carbonyl (C=O) groups excluding carboxylic acids is 3. The lowest BCUT2D eigenvalue weighted by molar-refractivity contribution is -0.134. The lowest BCUT2D eigenvalue weighted by Crippen LogP contribution is -2.50. The number of benzene rings is 2. The van der Waals surface area contributed by atoms with Crippen molar-refractivity contribution in [1.82, 2.24) is 20.3 Å². The molecule has 2 atom stereocenters. The molecule has 0 bridgehead atoms. The molecule has 3 amide bonds. The first-order valence-electron chi connectivity index (χ1n) is 14.5. The quantitative estimate of drug-likeness (QED) is 0.151. The molecule has 2 aromatic rings. The highest BCUT2D eigenvalue weighted by Gasteiger charge is 2.30. The van der Waals surface area contributed by atoms with Crippen LogP contribution in [0.25, 0.3) is 0 Å². The van der Waals surface area contributed by atoms with E-state index in [1.807, 2.05) is 11.0 Å². The van der Waals surface area contributed by atoms with Crippen molar-refractivity contribution in [3.63, 3.8) is 0 Å². The molecule has 12 heteroatoms. The molecule has 0 aliphatic carbocycles. The predicted molar refractivity (Wildman–Crippen MR) is 163 cm³/mol. The fourth-order valence-electron chi connectivity index (χ4n) is 5.22. The van der Waals surface area contributed by atoms with Gasteiger partial charge in [0.2, 0.25) is 17.7 Å². The summed E-state index contributed by atoms with van der Waals surface area (Å²) < 4.78 is 16.6. The van der Waals surface area contributed by atoms with Crippen LogP contribution in [-0.4, -0.2) is 71.9 Å². The SMILES string of the molecule is CNC(=O)CCCC1CCN(C(=O)[C@H](Cc2cccc(C(=N)N)c2)NS(=O)c2cccc(NC(=O)C3CNC3)c2)CC1. The van der Waals surface area contributed by atoms with Crippen molar-refractivity contribution in [2.24, 2.45) is 17.6 Å². The topological polar surface area (TPSA) is 170 Å². The van der Waals surface area contributed by atoms with Crippen LogP contribution in [0.2, 0.25) is 0 Å². The van der Waals surface area contributed by atoms with Gasteiger partial charge in [0.1, 0.15) is 22.9 Å². The third-order valence-corrected chi connectivity index (χ3v) is 9.10. The van der Waals surface area contributed by atoms with Crippen LogP contribution in [0, 0.1) is 17.2 Å². The van der Waals surface area contributed by atoms with Gasteiger partial charge in [-0.3, -0.25) is 19.8 Å². The third-order valence-electron chi connectivity index (χ3n) is 7.91. The first-order chi connectivity index (χ1) is 20.2. The Labute approximate surface area is 249 Å². The van der Waals surface area contributed by atoms with Crippen LogP contribution in [0.5, 0.6) is 0 Å². The van der Waals surface area contributed by atoms with Gasteiger partial charge in [-0.1, -0.05) is 24.3 Å². The smallest absolute Gasteiger partial charge is 0.241 e. The highest BCUT2D eigenvalue weighted by molar-refractivity contribution is 7.83. The first kappa shape index (κ1) is 31.3. The molecule has 0 saturated carbocycles. The Balaban J connectivity index is 1.44. The number of nitrogen functional groups attached to an aromatic ring is 1. The molecule has 2 aliphatic rings. The molecule has 7 N–H and O–H groups in total. The number of rotatable bonds is 13. The van der Waals surface area contributed by atoms with Crippen molar-refractivity contribution in [2.75, 3.05) is 38.5 Å². The van der Waals surface area contributed by atoms with Gasteiger partial charge in [-0.15, -0.1) is 0 Å². The third kappa shape index (κ3) is 8.70. The maximum absolute atomic E-state index is 13.8. The molecule has 2 aliphatic heterocycles. The molecular weight excluding hydrogens is 554 g/mol. The summed E-state index contributed by atoms with van der Waals surface area (Å²) in [6.45, 7) is 2.47. The van der Waals surface area contributed by atoms with Crippen molar-refractivity contribution >= 4 is 40.2 Å². The molecule has 2 saturated heterocycles. The Kier molecular flexibility index (Phi) is 11.2. The summed E-state index contributed by atoms with van der Waals surface area (Å²) in [5.74, 6) is 0.140. The van der Waals surface area contributed by atoms with Gasteiger partial charge in [0.15, 0.2) is 0 Å². The van der Waals surface area contributed by atoms with Gasteiger partial charge in [-0.25, -0.2) is 8.93 Å². The molecule has 2 aromatic carbocycles. The summed E-state index contributed by atoms with van der Waals surface area (Å²) in [5, 5.41) is 16.4. The van der Waals surface area contributed by atoms with Crippen molar-refractivity contribution < 1.29 is 18.6 Å². The van der Waals surface area contributed by atoms with Crippen LogP contribution in [0.15, 0.2) is 53.4 Å². The van der Waals surface area contributed by atoms with Gasteiger partial charge in [0.05, 0.1) is 10.8 Å². The number of nitrogens with two attached hydrogens (primary N) is 1. The normalized spacial score (nSPS) is 17.1. The van der Waals surface area contributed by atoms with E-state index in [-0.39, 0.29) is 35.9 Å². The van der Waals surface area contributed by atoms with Gasteiger partial charge in [-0.2, -0.15) is 0 Å². The van der Waals surface area contributed by atoms with E-state index in [2.05, 4.69) is 20.7 Å². The number of hydrogen-bond acceptors (Lipinski definition) is 6.